The van der Waals surface area contributed by atoms with Crippen molar-refractivity contribution in [3.63, 3.8) is 0 Å². The Hall–Kier alpha value is -3.30. The normalized spacial score (nSPS) is 10.9. The fraction of sp³-hybridized carbons (Fsp3) is 0. The molecule has 0 saturated heterocycles. The maximum atomic E-state index is 14.4. The number of hydrogen-bond acceptors (Lipinski definition) is 2. The fourth-order valence-corrected chi connectivity index (χ4v) is 3.08. The smallest absolute Gasteiger partial charge is 0.184 e. The first-order valence-corrected chi connectivity index (χ1v) is 8.18. The van der Waals surface area contributed by atoms with Gasteiger partial charge in [0, 0.05) is 22.9 Å². The summed E-state index contributed by atoms with van der Waals surface area (Å²) in [5, 5.41) is 9.19. The van der Waals surface area contributed by atoms with E-state index in [1.54, 1.807) is 6.20 Å². The summed E-state index contributed by atoms with van der Waals surface area (Å²) in [6, 6.07) is 11.1. The van der Waals surface area contributed by atoms with Crippen molar-refractivity contribution < 1.29 is 13.2 Å². The van der Waals surface area contributed by atoms with E-state index >= 15 is 0 Å². The molecule has 0 aliphatic rings. The second-order valence-corrected chi connectivity index (χ2v) is 6.22. The molecule has 7 heteroatoms. The molecule has 0 radical (unpaired) electrons. The monoisotopic (exact) mass is 383 g/mol. The van der Waals surface area contributed by atoms with E-state index in [1.165, 1.54) is 40.9 Å². The van der Waals surface area contributed by atoms with Gasteiger partial charge in [0.2, 0.25) is 0 Å². The Balaban J connectivity index is 1.92. The van der Waals surface area contributed by atoms with Crippen LogP contribution in [0.1, 0.15) is 5.56 Å². The summed E-state index contributed by atoms with van der Waals surface area (Å²) in [5.74, 6) is -1.80. The molecule has 2 heterocycles. The van der Waals surface area contributed by atoms with Crippen LogP contribution in [0.15, 0.2) is 54.9 Å². The van der Waals surface area contributed by atoms with Gasteiger partial charge in [-0.2, -0.15) is 5.26 Å². The summed E-state index contributed by atoms with van der Waals surface area (Å²) in [6.07, 6.45) is 3.01. The van der Waals surface area contributed by atoms with E-state index in [-0.39, 0.29) is 27.4 Å². The van der Waals surface area contributed by atoms with Crippen LogP contribution in [0.2, 0.25) is 5.02 Å². The van der Waals surface area contributed by atoms with E-state index in [2.05, 4.69) is 4.98 Å². The van der Waals surface area contributed by atoms with Crippen LogP contribution in [-0.2, 0) is 0 Å². The molecule has 2 aromatic heterocycles. The van der Waals surface area contributed by atoms with Crippen molar-refractivity contribution in [2.24, 2.45) is 0 Å². The van der Waals surface area contributed by atoms with Crippen LogP contribution < -0.4 is 0 Å². The number of benzene rings is 2. The molecule has 2 aromatic carbocycles. The standard InChI is InChI=1S/C20H9ClF3N3/c21-16-5-6-27-18(10-26-20(27)19(16)24)11-1-4-17(23)15(8-11)14-3-2-13(22)7-12(14)9-25/h1-8,10H. The van der Waals surface area contributed by atoms with Gasteiger partial charge in [-0.25, -0.2) is 18.2 Å². The molecule has 0 aliphatic heterocycles. The maximum Gasteiger partial charge on any atom is 0.184 e. The Labute approximate surface area is 156 Å². The lowest BCUT2D eigenvalue weighted by molar-refractivity contribution is 0.625. The largest absolute Gasteiger partial charge is 0.297 e. The number of pyridine rings is 1. The summed E-state index contributed by atoms with van der Waals surface area (Å²) in [4.78, 5) is 4.03. The molecule has 0 amide bonds. The van der Waals surface area contributed by atoms with Crippen LogP contribution in [0.5, 0.6) is 0 Å². The molecular weight excluding hydrogens is 375 g/mol. The van der Waals surface area contributed by atoms with Crippen molar-refractivity contribution in [3.8, 4) is 28.5 Å². The minimum Gasteiger partial charge on any atom is -0.297 e. The number of nitrogens with zero attached hydrogens (tertiary/aromatic N) is 3. The third-order valence-corrected chi connectivity index (χ3v) is 4.52. The average Bonchev–Trinajstić information content (AvgIpc) is 3.10. The SMILES string of the molecule is N#Cc1cc(F)ccc1-c1cc(-c2cnc3c(F)c(Cl)ccn23)ccc1F. The zero-order chi connectivity index (χ0) is 19.1. The third-order valence-electron chi connectivity index (χ3n) is 4.23. The number of halogens is 4. The molecule has 0 bridgehead atoms. The molecule has 0 fully saturated rings. The minimum absolute atomic E-state index is 0.0158. The summed E-state index contributed by atoms with van der Waals surface area (Å²) < 4.78 is 43.5. The molecule has 4 aromatic rings. The highest BCUT2D eigenvalue weighted by Gasteiger charge is 2.16. The van der Waals surface area contributed by atoms with E-state index in [4.69, 9.17) is 11.6 Å². The second kappa shape index (κ2) is 6.45. The van der Waals surface area contributed by atoms with Crippen LogP contribution in [0, 0.1) is 28.8 Å². The number of imidazole rings is 1. The predicted octanol–water partition coefficient (Wildman–Crippen LogP) is 5.61. The highest BCUT2D eigenvalue weighted by atomic mass is 35.5. The highest BCUT2D eigenvalue weighted by Crippen LogP contribution is 2.32. The van der Waals surface area contributed by atoms with Gasteiger partial charge in [0.05, 0.1) is 28.5 Å². The van der Waals surface area contributed by atoms with Gasteiger partial charge in [-0.3, -0.25) is 4.40 Å². The van der Waals surface area contributed by atoms with E-state index < -0.39 is 17.5 Å². The lowest BCUT2D eigenvalue weighted by Crippen LogP contribution is -1.94. The lowest BCUT2D eigenvalue weighted by Gasteiger charge is -2.09. The first kappa shape index (κ1) is 17.1. The van der Waals surface area contributed by atoms with Gasteiger partial charge in [-0.15, -0.1) is 0 Å². The summed E-state index contributed by atoms with van der Waals surface area (Å²) in [6.45, 7) is 0. The molecule has 0 N–H and O–H groups in total. The Morgan fingerprint density at radius 3 is 2.59 bits per heavy atom. The van der Waals surface area contributed by atoms with Crippen molar-refractivity contribution in [1.82, 2.24) is 9.38 Å². The Kier molecular flexibility index (Phi) is 4.09. The van der Waals surface area contributed by atoms with Gasteiger partial charge < -0.3 is 0 Å². The third kappa shape index (κ3) is 2.82. The van der Waals surface area contributed by atoms with Crippen LogP contribution in [0.3, 0.4) is 0 Å². The van der Waals surface area contributed by atoms with Gasteiger partial charge >= 0.3 is 0 Å². The first-order chi connectivity index (χ1) is 13.0. The molecule has 0 aliphatic carbocycles. The zero-order valence-corrected chi connectivity index (χ0v) is 14.3. The van der Waals surface area contributed by atoms with Gasteiger partial charge in [0.1, 0.15) is 11.6 Å². The number of aromatic nitrogens is 2. The minimum atomic E-state index is -0.655. The van der Waals surface area contributed by atoms with Gasteiger partial charge in [-0.05, 0) is 36.4 Å². The highest BCUT2D eigenvalue weighted by molar-refractivity contribution is 6.31. The van der Waals surface area contributed by atoms with E-state index in [0.29, 0.717) is 11.3 Å². The van der Waals surface area contributed by atoms with Crippen molar-refractivity contribution in [1.29, 1.82) is 5.26 Å². The lowest BCUT2D eigenvalue weighted by atomic mass is 9.97. The van der Waals surface area contributed by atoms with Crippen molar-refractivity contribution in [2.45, 2.75) is 0 Å². The molecule has 3 nitrogen and oxygen atoms in total. The Morgan fingerprint density at radius 2 is 1.81 bits per heavy atom. The van der Waals surface area contributed by atoms with E-state index in [1.807, 2.05) is 6.07 Å². The van der Waals surface area contributed by atoms with Crippen LogP contribution >= 0.6 is 11.6 Å². The van der Waals surface area contributed by atoms with Crippen LogP contribution in [0.25, 0.3) is 28.0 Å². The molecular formula is C20H9ClF3N3. The quantitative estimate of drug-likeness (QED) is 0.451. The van der Waals surface area contributed by atoms with E-state index in [0.717, 1.165) is 12.1 Å². The molecule has 4 rings (SSSR count). The maximum absolute atomic E-state index is 14.4. The molecule has 0 atom stereocenters. The van der Waals surface area contributed by atoms with Gasteiger partial charge in [0.15, 0.2) is 11.5 Å². The van der Waals surface area contributed by atoms with Crippen molar-refractivity contribution in [2.75, 3.05) is 0 Å². The zero-order valence-electron chi connectivity index (χ0n) is 13.5. The number of hydrogen-bond donors (Lipinski definition) is 0. The molecule has 132 valence electrons. The van der Waals surface area contributed by atoms with Crippen molar-refractivity contribution in [3.05, 3.63) is 82.9 Å². The first-order valence-electron chi connectivity index (χ1n) is 7.80. The van der Waals surface area contributed by atoms with E-state index in [9.17, 15) is 18.4 Å². The number of rotatable bonds is 2. The van der Waals surface area contributed by atoms with Crippen LogP contribution in [-0.4, -0.2) is 9.38 Å². The van der Waals surface area contributed by atoms with Crippen LogP contribution in [0.4, 0.5) is 13.2 Å². The van der Waals surface area contributed by atoms with Crippen molar-refractivity contribution >= 4 is 17.2 Å². The summed E-state index contributed by atoms with van der Waals surface area (Å²) in [5.41, 5.74) is 1.52. The molecule has 0 unspecified atom stereocenters. The van der Waals surface area contributed by atoms with Gasteiger partial charge in [-0.1, -0.05) is 17.7 Å². The summed E-state index contributed by atoms with van der Waals surface area (Å²) in [7, 11) is 0. The second-order valence-electron chi connectivity index (χ2n) is 5.81. The van der Waals surface area contributed by atoms with Gasteiger partial charge in [0.25, 0.3) is 0 Å². The fourth-order valence-electron chi connectivity index (χ4n) is 2.94. The predicted molar refractivity (Wildman–Crippen MR) is 95.7 cm³/mol. The molecule has 27 heavy (non-hydrogen) atoms. The number of nitriles is 1. The Morgan fingerprint density at radius 1 is 1.00 bits per heavy atom. The Bertz CT molecular complexity index is 1240. The molecule has 0 saturated carbocycles. The number of fused-ring (bicyclic) bond motifs is 1. The average molecular weight is 384 g/mol. The molecule has 0 spiro atoms. The summed E-state index contributed by atoms with van der Waals surface area (Å²) >= 11 is 5.78. The topological polar surface area (TPSA) is 41.1 Å².